The molecule has 1 atom stereocenters. The zero-order valence-corrected chi connectivity index (χ0v) is 13.2. The Balaban J connectivity index is 2.82. The van der Waals surface area contributed by atoms with Crippen LogP contribution >= 0.6 is 0 Å². The summed E-state index contributed by atoms with van der Waals surface area (Å²) in [6, 6.07) is 4.82. The van der Waals surface area contributed by atoms with Gasteiger partial charge in [0.05, 0.1) is 9.79 Å². The lowest BCUT2D eigenvalue weighted by Crippen LogP contribution is -2.29. The SMILES string of the molecule is CC(CNS(=O)(=O)c1ccc(S(C)(=O)=O)cc1)CC(=O)O. The summed E-state index contributed by atoms with van der Waals surface area (Å²) in [5.74, 6) is -1.35. The lowest BCUT2D eigenvalue weighted by molar-refractivity contribution is -0.137. The summed E-state index contributed by atoms with van der Waals surface area (Å²) in [5.41, 5.74) is 0. The molecule has 0 bridgehead atoms. The number of hydrogen-bond donors (Lipinski definition) is 2. The third-order valence-corrected chi connectivity index (χ3v) is 5.28. The summed E-state index contributed by atoms with van der Waals surface area (Å²) >= 11 is 0. The zero-order chi connectivity index (χ0) is 16.3. The maximum atomic E-state index is 12.0. The van der Waals surface area contributed by atoms with Gasteiger partial charge in [-0.05, 0) is 30.2 Å². The molecule has 0 saturated heterocycles. The van der Waals surface area contributed by atoms with Crippen molar-refractivity contribution in [1.29, 1.82) is 0 Å². The standard InChI is InChI=1S/C12H17NO6S2/c1-9(7-12(14)15)8-13-21(18,19)11-5-3-10(4-6-11)20(2,16)17/h3-6,9,13H,7-8H2,1-2H3,(H,14,15). The van der Waals surface area contributed by atoms with E-state index in [1.165, 1.54) is 24.3 Å². The number of carbonyl (C=O) groups is 1. The predicted octanol–water partition coefficient (Wildman–Crippen LogP) is 0.479. The van der Waals surface area contributed by atoms with Gasteiger partial charge in [0.2, 0.25) is 10.0 Å². The van der Waals surface area contributed by atoms with Crippen LogP contribution in [0.4, 0.5) is 0 Å². The molecule has 0 spiro atoms. The number of sulfone groups is 1. The highest BCUT2D eigenvalue weighted by molar-refractivity contribution is 7.90. The van der Waals surface area contributed by atoms with Gasteiger partial charge in [0.25, 0.3) is 0 Å². The smallest absolute Gasteiger partial charge is 0.303 e. The highest BCUT2D eigenvalue weighted by Crippen LogP contribution is 2.14. The van der Waals surface area contributed by atoms with Crippen molar-refractivity contribution in [2.75, 3.05) is 12.8 Å². The summed E-state index contributed by atoms with van der Waals surface area (Å²) in [6.45, 7) is 1.60. The first-order chi connectivity index (χ1) is 9.52. The first-order valence-electron chi connectivity index (χ1n) is 6.04. The molecular weight excluding hydrogens is 318 g/mol. The molecule has 0 fully saturated rings. The summed E-state index contributed by atoms with van der Waals surface area (Å²) in [4.78, 5) is 10.5. The second kappa shape index (κ2) is 6.54. The van der Waals surface area contributed by atoms with Crippen LogP contribution in [0.1, 0.15) is 13.3 Å². The Bertz CT molecular complexity index is 707. The number of rotatable bonds is 7. The molecular formula is C12H17NO6S2. The highest BCUT2D eigenvalue weighted by atomic mass is 32.2. The van der Waals surface area contributed by atoms with Gasteiger partial charge in [0.1, 0.15) is 0 Å². The second-order valence-electron chi connectivity index (χ2n) is 4.80. The molecule has 7 nitrogen and oxygen atoms in total. The van der Waals surface area contributed by atoms with Gasteiger partial charge in [-0.3, -0.25) is 4.79 Å². The van der Waals surface area contributed by atoms with E-state index in [-0.39, 0.29) is 28.7 Å². The minimum absolute atomic E-state index is 0.0114. The van der Waals surface area contributed by atoms with Gasteiger partial charge in [-0.25, -0.2) is 21.6 Å². The Morgan fingerprint density at radius 2 is 1.62 bits per heavy atom. The topological polar surface area (TPSA) is 118 Å². The van der Waals surface area contributed by atoms with Gasteiger partial charge < -0.3 is 5.11 Å². The molecule has 1 aromatic carbocycles. The monoisotopic (exact) mass is 335 g/mol. The van der Waals surface area contributed by atoms with Gasteiger partial charge in [0, 0.05) is 19.2 Å². The molecule has 1 rings (SSSR count). The van der Waals surface area contributed by atoms with Crippen LogP contribution in [0.5, 0.6) is 0 Å². The Morgan fingerprint density at radius 1 is 1.14 bits per heavy atom. The number of carboxylic acid groups (broad SMARTS) is 1. The minimum Gasteiger partial charge on any atom is -0.481 e. The highest BCUT2D eigenvalue weighted by Gasteiger charge is 2.17. The quantitative estimate of drug-likeness (QED) is 0.748. The predicted molar refractivity (Wildman–Crippen MR) is 76.2 cm³/mol. The van der Waals surface area contributed by atoms with Crippen LogP contribution in [0.2, 0.25) is 0 Å². The molecule has 1 unspecified atom stereocenters. The summed E-state index contributed by atoms with van der Waals surface area (Å²) in [5, 5.41) is 8.60. The van der Waals surface area contributed by atoms with Crippen molar-refractivity contribution in [1.82, 2.24) is 4.72 Å². The maximum Gasteiger partial charge on any atom is 0.303 e. The molecule has 0 aliphatic carbocycles. The average molecular weight is 335 g/mol. The van der Waals surface area contributed by atoms with Crippen LogP contribution in [-0.4, -0.2) is 40.7 Å². The van der Waals surface area contributed by atoms with Gasteiger partial charge in [-0.1, -0.05) is 6.92 Å². The Labute approximate surface area is 124 Å². The van der Waals surface area contributed by atoms with E-state index in [4.69, 9.17) is 5.11 Å². The van der Waals surface area contributed by atoms with E-state index < -0.39 is 25.8 Å². The summed E-state index contributed by atoms with van der Waals surface area (Å²) < 4.78 is 48.8. The first kappa shape index (κ1) is 17.6. The van der Waals surface area contributed by atoms with Crippen molar-refractivity contribution in [3.63, 3.8) is 0 Å². The maximum absolute atomic E-state index is 12.0. The number of nitrogens with one attached hydrogen (secondary N) is 1. The van der Waals surface area contributed by atoms with Crippen LogP contribution in [0, 0.1) is 5.92 Å². The molecule has 21 heavy (non-hydrogen) atoms. The molecule has 0 radical (unpaired) electrons. The van der Waals surface area contributed by atoms with Crippen molar-refractivity contribution in [3.8, 4) is 0 Å². The van der Waals surface area contributed by atoms with E-state index in [1.54, 1.807) is 6.92 Å². The van der Waals surface area contributed by atoms with E-state index in [1.807, 2.05) is 0 Å². The summed E-state index contributed by atoms with van der Waals surface area (Å²) in [6.07, 6.45) is 0.887. The number of sulfonamides is 1. The fourth-order valence-electron chi connectivity index (χ4n) is 1.57. The third kappa shape index (κ3) is 5.44. The van der Waals surface area contributed by atoms with E-state index in [0.717, 1.165) is 6.26 Å². The van der Waals surface area contributed by atoms with Gasteiger partial charge in [0.15, 0.2) is 9.84 Å². The molecule has 1 aromatic rings. The van der Waals surface area contributed by atoms with Crippen LogP contribution < -0.4 is 4.72 Å². The van der Waals surface area contributed by atoms with Gasteiger partial charge in [-0.15, -0.1) is 0 Å². The normalized spacial score (nSPS) is 13.8. The van der Waals surface area contributed by atoms with Crippen molar-refractivity contribution in [3.05, 3.63) is 24.3 Å². The molecule has 0 heterocycles. The first-order valence-corrected chi connectivity index (χ1v) is 9.41. The number of aliphatic carboxylic acids is 1. The number of hydrogen-bond acceptors (Lipinski definition) is 5. The molecule has 0 aliphatic heterocycles. The Hall–Kier alpha value is -1.45. The number of carboxylic acids is 1. The summed E-state index contributed by atoms with van der Waals surface area (Å²) in [7, 11) is -7.18. The van der Waals surface area contributed by atoms with Gasteiger partial charge in [-0.2, -0.15) is 0 Å². The Morgan fingerprint density at radius 3 is 2.05 bits per heavy atom. The fraction of sp³-hybridized carbons (Fsp3) is 0.417. The third-order valence-electron chi connectivity index (χ3n) is 2.71. The number of benzene rings is 1. The van der Waals surface area contributed by atoms with E-state index in [2.05, 4.69) is 4.72 Å². The van der Waals surface area contributed by atoms with Crippen molar-refractivity contribution < 1.29 is 26.7 Å². The minimum atomic E-state index is -3.79. The lowest BCUT2D eigenvalue weighted by atomic mass is 10.1. The van der Waals surface area contributed by atoms with E-state index in [0.29, 0.717) is 0 Å². The van der Waals surface area contributed by atoms with Crippen LogP contribution in [0.3, 0.4) is 0 Å². The molecule has 0 saturated carbocycles. The fourth-order valence-corrected chi connectivity index (χ4v) is 3.37. The van der Waals surface area contributed by atoms with Gasteiger partial charge >= 0.3 is 5.97 Å². The molecule has 118 valence electrons. The average Bonchev–Trinajstić information content (AvgIpc) is 2.35. The second-order valence-corrected chi connectivity index (χ2v) is 8.58. The van der Waals surface area contributed by atoms with Crippen LogP contribution in [-0.2, 0) is 24.7 Å². The molecule has 0 aromatic heterocycles. The van der Waals surface area contributed by atoms with E-state index >= 15 is 0 Å². The molecule has 0 aliphatic rings. The van der Waals surface area contributed by atoms with Crippen molar-refractivity contribution in [2.45, 2.75) is 23.1 Å². The van der Waals surface area contributed by atoms with E-state index in [9.17, 15) is 21.6 Å². The lowest BCUT2D eigenvalue weighted by Gasteiger charge is -2.11. The zero-order valence-electron chi connectivity index (χ0n) is 11.6. The van der Waals surface area contributed by atoms with Crippen LogP contribution in [0.25, 0.3) is 0 Å². The van der Waals surface area contributed by atoms with Crippen molar-refractivity contribution in [2.24, 2.45) is 5.92 Å². The molecule has 2 N–H and O–H groups in total. The Kier molecular flexibility index (Phi) is 5.48. The van der Waals surface area contributed by atoms with Crippen molar-refractivity contribution >= 4 is 25.8 Å². The molecule has 9 heteroatoms. The largest absolute Gasteiger partial charge is 0.481 e. The van der Waals surface area contributed by atoms with Crippen LogP contribution in [0.15, 0.2) is 34.1 Å². The molecule has 0 amide bonds.